The molecular weight excluding hydrogens is 428 g/mol. The SMILES string of the molecule is CC(C)(Cc1ccc(Cl)c(-c2nc(-c3ccc(OCC4CC4)cn3)cc(=O)[nH]2)c1)C(N)=O. The molecule has 1 aromatic carbocycles. The monoisotopic (exact) mass is 452 g/mol. The van der Waals surface area contributed by atoms with E-state index in [9.17, 15) is 9.59 Å². The minimum absolute atomic E-state index is 0.320. The van der Waals surface area contributed by atoms with Gasteiger partial charge in [0.05, 0.1) is 29.2 Å². The summed E-state index contributed by atoms with van der Waals surface area (Å²) in [5, 5.41) is 0.433. The van der Waals surface area contributed by atoms with Crippen molar-refractivity contribution in [2.45, 2.75) is 33.1 Å². The summed E-state index contributed by atoms with van der Waals surface area (Å²) in [5.74, 6) is 1.28. The number of ether oxygens (including phenoxy) is 1. The van der Waals surface area contributed by atoms with Crippen molar-refractivity contribution < 1.29 is 9.53 Å². The van der Waals surface area contributed by atoms with Gasteiger partial charge < -0.3 is 15.5 Å². The molecule has 0 bridgehead atoms. The average Bonchev–Trinajstić information content (AvgIpc) is 3.58. The maximum atomic E-state index is 12.4. The lowest BCUT2D eigenvalue weighted by Crippen LogP contribution is -2.33. The summed E-state index contributed by atoms with van der Waals surface area (Å²) in [6.45, 7) is 4.28. The minimum atomic E-state index is -0.721. The summed E-state index contributed by atoms with van der Waals surface area (Å²) in [5.41, 5.74) is 6.87. The Morgan fingerprint density at radius 2 is 2.00 bits per heavy atom. The summed E-state index contributed by atoms with van der Waals surface area (Å²) < 4.78 is 5.72. The van der Waals surface area contributed by atoms with Crippen LogP contribution in [-0.4, -0.2) is 27.5 Å². The third-order valence-electron chi connectivity index (χ3n) is 5.52. The summed E-state index contributed by atoms with van der Waals surface area (Å²) in [6.07, 6.45) is 4.50. The number of nitrogens with one attached hydrogen (secondary N) is 1. The first kappa shape index (κ1) is 22.0. The number of carbonyl (C=O) groups excluding carboxylic acids is 1. The highest BCUT2D eigenvalue weighted by molar-refractivity contribution is 6.33. The minimum Gasteiger partial charge on any atom is -0.492 e. The third kappa shape index (κ3) is 5.16. The molecule has 3 aromatic rings. The molecule has 8 heteroatoms. The molecule has 0 saturated heterocycles. The van der Waals surface area contributed by atoms with E-state index in [0.29, 0.717) is 52.5 Å². The van der Waals surface area contributed by atoms with Crippen LogP contribution in [0.25, 0.3) is 22.8 Å². The number of amides is 1. The van der Waals surface area contributed by atoms with Gasteiger partial charge in [-0.1, -0.05) is 31.5 Å². The van der Waals surface area contributed by atoms with Gasteiger partial charge in [0, 0.05) is 17.0 Å². The van der Waals surface area contributed by atoms with Crippen LogP contribution in [0.3, 0.4) is 0 Å². The van der Waals surface area contributed by atoms with Crippen molar-refractivity contribution in [1.29, 1.82) is 0 Å². The van der Waals surface area contributed by atoms with E-state index in [2.05, 4.69) is 15.0 Å². The van der Waals surface area contributed by atoms with Crippen LogP contribution < -0.4 is 16.0 Å². The number of benzene rings is 1. The Morgan fingerprint density at radius 1 is 1.22 bits per heavy atom. The predicted molar refractivity (Wildman–Crippen MR) is 123 cm³/mol. The lowest BCUT2D eigenvalue weighted by molar-refractivity contribution is -0.125. The fourth-order valence-electron chi connectivity index (χ4n) is 3.29. The van der Waals surface area contributed by atoms with E-state index in [1.54, 1.807) is 32.2 Å². The molecule has 2 heterocycles. The fraction of sp³-hybridized carbons (Fsp3) is 0.333. The lowest BCUT2D eigenvalue weighted by atomic mass is 9.85. The Labute approximate surface area is 191 Å². The second kappa shape index (κ2) is 8.74. The van der Waals surface area contributed by atoms with Gasteiger partial charge in [0.15, 0.2) is 0 Å². The van der Waals surface area contributed by atoms with E-state index in [4.69, 9.17) is 22.1 Å². The largest absolute Gasteiger partial charge is 0.492 e. The van der Waals surface area contributed by atoms with Crippen molar-refractivity contribution in [3.05, 3.63) is 63.5 Å². The molecule has 166 valence electrons. The highest BCUT2D eigenvalue weighted by Gasteiger charge is 2.26. The molecule has 1 fully saturated rings. The molecule has 2 aromatic heterocycles. The van der Waals surface area contributed by atoms with E-state index >= 15 is 0 Å². The highest BCUT2D eigenvalue weighted by atomic mass is 35.5. The second-order valence-corrected chi connectivity index (χ2v) is 9.26. The van der Waals surface area contributed by atoms with Gasteiger partial charge in [0.2, 0.25) is 5.91 Å². The first-order valence-corrected chi connectivity index (χ1v) is 10.9. The van der Waals surface area contributed by atoms with Gasteiger partial charge in [-0.2, -0.15) is 0 Å². The van der Waals surface area contributed by atoms with E-state index in [1.165, 1.54) is 18.9 Å². The summed E-state index contributed by atoms with van der Waals surface area (Å²) in [4.78, 5) is 35.8. The number of aromatic amines is 1. The summed E-state index contributed by atoms with van der Waals surface area (Å²) in [7, 11) is 0. The van der Waals surface area contributed by atoms with Gasteiger partial charge in [-0.05, 0) is 55.0 Å². The number of pyridine rings is 1. The van der Waals surface area contributed by atoms with Crippen molar-refractivity contribution >= 4 is 17.5 Å². The van der Waals surface area contributed by atoms with Gasteiger partial charge in [-0.25, -0.2) is 4.98 Å². The number of nitrogens with zero attached hydrogens (tertiary/aromatic N) is 2. The number of rotatable bonds is 8. The van der Waals surface area contributed by atoms with Crippen LogP contribution in [0.5, 0.6) is 5.75 Å². The van der Waals surface area contributed by atoms with Gasteiger partial charge in [0.25, 0.3) is 5.56 Å². The molecule has 3 N–H and O–H groups in total. The number of carbonyl (C=O) groups is 1. The van der Waals surface area contributed by atoms with Gasteiger partial charge in [0.1, 0.15) is 11.6 Å². The zero-order chi connectivity index (χ0) is 22.9. The van der Waals surface area contributed by atoms with Crippen molar-refractivity contribution in [2.75, 3.05) is 6.61 Å². The third-order valence-corrected chi connectivity index (χ3v) is 5.85. The number of H-pyrrole nitrogens is 1. The molecule has 1 amide bonds. The van der Waals surface area contributed by atoms with Gasteiger partial charge >= 0.3 is 0 Å². The van der Waals surface area contributed by atoms with Crippen LogP contribution in [0.2, 0.25) is 5.02 Å². The fourth-order valence-corrected chi connectivity index (χ4v) is 3.50. The number of halogens is 1. The first-order valence-electron chi connectivity index (χ1n) is 10.5. The number of aromatic nitrogens is 3. The van der Waals surface area contributed by atoms with Crippen molar-refractivity contribution in [2.24, 2.45) is 17.1 Å². The maximum Gasteiger partial charge on any atom is 0.251 e. The smallest absolute Gasteiger partial charge is 0.251 e. The van der Waals surface area contributed by atoms with Gasteiger partial charge in [-0.3, -0.25) is 14.6 Å². The highest BCUT2D eigenvalue weighted by Crippen LogP contribution is 2.31. The second-order valence-electron chi connectivity index (χ2n) is 8.85. The topological polar surface area (TPSA) is 111 Å². The van der Waals surface area contributed by atoms with Crippen LogP contribution >= 0.6 is 11.6 Å². The van der Waals surface area contributed by atoms with Crippen molar-refractivity contribution in [1.82, 2.24) is 15.0 Å². The Hall–Kier alpha value is -3.19. The zero-order valence-electron chi connectivity index (χ0n) is 18.0. The molecule has 1 aliphatic carbocycles. The molecule has 32 heavy (non-hydrogen) atoms. The molecule has 0 aliphatic heterocycles. The first-order chi connectivity index (χ1) is 15.2. The number of hydrogen-bond donors (Lipinski definition) is 2. The van der Waals surface area contributed by atoms with E-state index in [1.807, 2.05) is 18.2 Å². The predicted octanol–water partition coefficient (Wildman–Crippen LogP) is 4.00. The number of nitrogens with two attached hydrogens (primary N) is 1. The Balaban J connectivity index is 1.63. The Kier molecular flexibility index (Phi) is 6.02. The Bertz CT molecular complexity index is 1200. The van der Waals surface area contributed by atoms with E-state index in [-0.39, 0.29) is 5.56 Å². The number of hydrogen-bond acceptors (Lipinski definition) is 5. The van der Waals surface area contributed by atoms with Crippen LogP contribution in [0, 0.1) is 11.3 Å². The van der Waals surface area contributed by atoms with E-state index in [0.717, 1.165) is 5.56 Å². The molecule has 0 spiro atoms. The van der Waals surface area contributed by atoms with Crippen LogP contribution in [-0.2, 0) is 11.2 Å². The molecule has 0 unspecified atom stereocenters. The molecule has 7 nitrogen and oxygen atoms in total. The maximum absolute atomic E-state index is 12.4. The standard InChI is InChI=1S/C24H25ClN4O3/c1-24(2,23(26)31)11-15-5-7-18(25)17(9-15)22-28-20(10-21(30)29-22)19-8-6-16(12-27-19)32-13-14-3-4-14/h5-10,12,14H,3-4,11,13H2,1-2H3,(H2,26,31)(H,28,29,30). The molecule has 0 atom stereocenters. The quantitative estimate of drug-likeness (QED) is 0.536. The average molecular weight is 453 g/mol. The molecule has 4 rings (SSSR count). The van der Waals surface area contributed by atoms with Gasteiger partial charge in [-0.15, -0.1) is 0 Å². The summed E-state index contributed by atoms with van der Waals surface area (Å²) >= 11 is 6.42. The zero-order valence-corrected chi connectivity index (χ0v) is 18.8. The molecule has 0 radical (unpaired) electrons. The number of primary amides is 1. The van der Waals surface area contributed by atoms with E-state index < -0.39 is 11.3 Å². The Morgan fingerprint density at radius 3 is 2.66 bits per heavy atom. The van der Waals surface area contributed by atoms with Crippen LogP contribution in [0.1, 0.15) is 32.3 Å². The van der Waals surface area contributed by atoms with Crippen LogP contribution in [0.4, 0.5) is 0 Å². The molecule has 1 aliphatic rings. The normalized spacial score (nSPS) is 13.7. The molecular formula is C24H25ClN4O3. The van der Waals surface area contributed by atoms with Crippen LogP contribution in [0.15, 0.2) is 47.4 Å². The summed E-state index contributed by atoms with van der Waals surface area (Å²) in [6, 6.07) is 10.4. The van der Waals surface area contributed by atoms with Crippen molar-refractivity contribution in [3.8, 4) is 28.5 Å². The lowest BCUT2D eigenvalue weighted by Gasteiger charge is -2.20. The van der Waals surface area contributed by atoms with Crippen molar-refractivity contribution in [3.63, 3.8) is 0 Å². The molecule has 1 saturated carbocycles.